The van der Waals surface area contributed by atoms with Crippen LogP contribution in [0.3, 0.4) is 0 Å². The van der Waals surface area contributed by atoms with Crippen LogP contribution in [0.25, 0.3) is 0 Å². The Morgan fingerprint density at radius 2 is 1.48 bits per heavy atom. The van der Waals surface area contributed by atoms with Gasteiger partial charge in [-0.15, -0.1) is 0 Å². The van der Waals surface area contributed by atoms with Crippen LogP contribution < -0.4 is 14.9 Å². The van der Waals surface area contributed by atoms with E-state index in [-0.39, 0.29) is 17.8 Å². The van der Waals surface area contributed by atoms with Crippen LogP contribution in [-0.4, -0.2) is 27.0 Å². The highest BCUT2D eigenvalue weighted by atomic mass is 31.1. The summed E-state index contributed by atoms with van der Waals surface area (Å²) in [6.45, 7) is 6.76. The molecule has 0 saturated carbocycles. The zero-order valence-electron chi connectivity index (χ0n) is 26.6. The fourth-order valence-electron chi connectivity index (χ4n) is 6.69. The molecule has 0 spiro atoms. The first-order chi connectivity index (χ1) is 21.5. The Bertz CT molecular complexity index is 1470. The molecule has 0 aliphatic carbocycles. The number of rotatable bonds is 14. The van der Waals surface area contributed by atoms with Crippen LogP contribution in [-0.2, 0) is 22.7 Å². The quantitative estimate of drug-likeness (QED) is 0.105. The molecule has 3 nitrogen and oxygen atoms in total. The van der Waals surface area contributed by atoms with E-state index in [1.807, 2.05) is 6.07 Å². The van der Waals surface area contributed by atoms with Crippen molar-refractivity contribution >= 4 is 19.6 Å². The van der Waals surface area contributed by atoms with Crippen molar-refractivity contribution in [3.8, 4) is 5.75 Å². The lowest BCUT2D eigenvalue weighted by Crippen LogP contribution is -2.33. The molecule has 5 rings (SSSR count). The maximum Gasteiger partial charge on any atom is 0.188 e. The molecule has 0 N–H and O–H groups in total. The van der Waals surface area contributed by atoms with Gasteiger partial charge in [0.05, 0.1) is 0 Å². The van der Waals surface area contributed by atoms with E-state index in [0.29, 0.717) is 8.58 Å². The van der Waals surface area contributed by atoms with Crippen molar-refractivity contribution in [3.63, 3.8) is 0 Å². The van der Waals surface area contributed by atoms with Gasteiger partial charge in [-0.25, -0.2) is 4.39 Å². The lowest BCUT2D eigenvalue weighted by Gasteiger charge is -2.38. The Hall–Kier alpha value is -3.20. The maximum atomic E-state index is 14.8. The molecule has 5 heteroatoms. The summed E-state index contributed by atoms with van der Waals surface area (Å²) >= 11 is 0. The van der Waals surface area contributed by atoms with Crippen molar-refractivity contribution in [1.82, 2.24) is 0 Å². The number of halogens is 1. The van der Waals surface area contributed by atoms with Crippen molar-refractivity contribution in [2.45, 2.75) is 70.4 Å². The molecule has 2 atom stereocenters. The van der Waals surface area contributed by atoms with Gasteiger partial charge in [-0.2, -0.15) is 0 Å². The molecule has 4 aromatic rings. The van der Waals surface area contributed by atoms with Gasteiger partial charge >= 0.3 is 0 Å². The van der Waals surface area contributed by atoms with Gasteiger partial charge in [0.25, 0.3) is 0 Å². The molecule has 1 heterocycles. The van der Waals surface area contributed by atoms with E-state index >= 15 is 0 Å². The first-order valence-electron chi connectivity index (χ1n) is 16.2. The average Bonchev–Trinajstić information content (AvgIpc) is 3.06. The van der Waals surface area contributed by atoms with Crippen LogP contribution in [0.2, 0.25) is 0 Å². The molecule has 2 unspecified atom stereocenters. The summed E-state index contributed by atoms with van der Waals surface area (Å²) < 4.78 is 26.8. The van der Waals surface area contributed by atoms with Crippen LogP contribution in [0, 0.1) is 5.82 Å². The number of anilines is 1. The second-order valence-corrected chi connectivity index (χ2v) is 13.8. The fraction of sp³-hybridized carbons (Fsp3) is 0.385. The molecule has 4 aromatic carbocycles. The summed E-state index contributed by atoms with van der Waals surface area (Å²) in [7, 11) is 2.16. The third-order valence-electron chi connectivity index (χ3n) is 8.86. The van der Waals surface area contributed by atoms with Crippen LogP contribution in [0.5, 0.6) is 5.75 Å². The van der Waals surface area contributed by atoms with E-state index in [0.717, 1.165) is 69.5 Å². The van der Waals surface area contributed by atoms with Gasteiger partial charge in [-0.05, 0) is 84.3 Å². The van der Waals surface area contributed by atoms with E-state index in [1.54, 1.807) is 19.2 Å². The van der Waals surface area contributed by atoms with Crippen molar-refractivity contribution < 1.29 is 13.9 Å². The average molecular weight is 612 g/mol. The zero-order valence-corrected chi connectivity index (χ0v) is 27.6. The lowest BCUT2D eigenvalue weighted by molar-refractivity contribution is 0.0492. The van der Waals surface area contributed by atoms with Gasteiger partial charge in [-0.3, -0.25) is 0 Å². The summed E-state index contributed by atoms with van der Waals surface area (Å²) in [5, 5.41) is 1.08. The zero-order chi connectivity index (χ0) is 30.8. The van der Waals surface area contributed by atoms with Crippen LogP contribution in [0.1, 0.15) is 80.2 Å². The number of methoxy groups -OCH3 is 1. The second-order valence-electron chi connectivity index (χ2n) is 12.0. The van der Waals surface area contributed by atoms with E-state index < -0.39 is 0 Å². The van der Waals surface area contributed by atoms with Gasteiger partial charge in [0, 0.05) is 43.0 Å². The minimum Gasteiger partial charge on any atom is -0.467 e. The maximum absolute atomic E-state index is 14.8. The first kappa shape index (κ1) is 32.2. The number of nitrogens with zero attached hydrogens (tertiary/aromatic N) is 1. The number of benzene rings is 4. The fourth-order valence-corrected chi connectivity index (χ4v) is 8.60. The molecule has 0 radical (unpaired) electrons. The standard InChI is InChI=1S/C39H47FNO2P/c1-4-21-39(5-2,44-37-20-19-34(40)28-36(37)41-22-13-8-14-23-41)35-27-32(24-30-15-9-6-10-16-30)26-33(38(35)43-29-42-3)25-31-17-11-7-12-18-31/h6-7,9-12,15-20,26-28,44H,4-5,8,13-14,21-25,29H2,1-3H3. The van der Waals surface area contributed by atoms with Crippen molar-refractivity contribution in [1.29, 1.82) is 0 Å². The predicted molar refractivity (Wildman–Crippen MR) is 185 cm³/mol. The van der Waals surface area contributed by atoms with Crippen molar-refractivity contribution in [2.75, 3.05) is 31.9 Å². The van der Waals surface area contributed by atoms with E-state index in [4.69, 9.17) is 9.47 Å². The summed E-state index contributed by atoms with van der Waals surface area (Å²) in [6, 6.07) is 31.6. The smallest absolute Gasteiger partial charge is 0.188 e. The van der Waals surface area contributed by atoms with Crippen LogP contribution >= 0.6 is 8.58 Å². The molecule has 0 amide bonds. The molecular formula is C39H47FNO2P. The molecule has 1 fully saturated rings. The highest BCUT2D eigenvalue weighted by Gasteiger charge is 2.36. The predicted octanol–water partition coefficient (Wildman–Crippen LogP) is 9.39. The minimum atomic E-state index is -0.168. The summed E-state index contributed by atoms with van der Waals surface area (Å²) in [6.07, 6.45) is 8.21. The van der Waals surface area contributed by atoms with Gasteiger partial charge in [0.1, 0.15) is 11.6 Å². The first-order valence-corrected chi connectivity index (χ1v) is 17.2. The SMILES string of the molecule is CCCC(CC)(Pc1ccc(F)cc1N1CCCCC1)c1cc(Cc2ccccc2)cc(Cc2ccccc2)c1OCOC. The number of hydrogen-bond acceptors (Lipinski definition) is 3. The Balaban J connectivity index is 1.67. The second kappa shape index (κ2) is 15.7. The molecule has 1 aliphatic rings. The Morgan fingerprint density at radius 3 is 2.11 bits per heavy atom. The van der Waals surface area contributed by atoms with E-state index in [2.05, 4.69) is 91.5 Å². The van der Waals surface area contributed by atoms with Crippen molar-refractivity contribution in [3.05, 3.63) is 125 Å². The monoisotopic (exact) mass is 611 g/mol. The molecule has 0 aromatic heterocycles. The normalized spacial score (nSPS) is 15.0. The van der Waals surface area contributed by atoms with Gasteiger partial charge in [0.15, 0.2) is 6.79 Å². The topological polar surface area (TPSA) is 21.7 Å². The largest absolute Gasteiger partial charge is 0.467 e. The molecule has 1 saturated heterocycles. The minimum absolute atomic E-state index is 0.157. The van der Waals surface area contributed by atoms with Gasteiger partial charge < -0.3 is 14.4 Å². The molecule has 232 valence electrons. The molecular weight excluding hydrogens is 564 g/mol. The summed E-state index contributed by atoms with van der Waals surface area (Å²) in [4.78, 5) is 2.41. The summed E-state index contributed by atoms with van der Waals surface area (Å²) in [5.74, 6) is 0.785. The van der Waals surface area contributed by atoms with Crippen molar-refractivity contribution in [2.24, 2.45) is 0 Å². The van der Waals surface area contributed by atoms with E-state index in [1.165, 1.54) is 39.5 Å². The lowest BCUT2D eigenvalue weighted by atomic mass is 9.85. The van der Waals surface area contributed by atoms with Gasteiger partial charge in [-0.1, -0.05) is 102 Å². The summed E-state index contributed by atoms with van der Waals surface area (Å²) in [5.41, 5.74) is 7.35. The number of hydrogen-bond donors (Lipinski definition) is 0. The highest BCUT2D eigenvalue weighted by molar-refractivity contribution is 7.49. The highest BCUT2D eigenvalue weighted by Crippen LogP contribution is 2.53. The third-order valence-corrected chi connectivity index (χ3v) is 10.9. The van der Waals surface area contributed by atoms with Crippen LogP contribution in [0.15, 0.2) is 91.0 Å². The number of piperidine rings is 1. The Kier molecular flexibility index (Phi) is 11.5. The molecule has 0 bridgehead atoms. The Morgan fingerprint density at radius 1 is 0.795 bits per heavy atom. The number of ether oxygens (including phenoxy) is 2. The molecule has 1 aliphatic heterocycles. The van der Waals surface area contributed by atoms with Gasteiger partial charge in [0.2, 0.25) is 0 Å². The third kappa shape index (κ3) is 7.89. The molecule has 44 heavy (non-hydrogen) atoms. The van der Waals surface area contributed by atoms with Crippen LogP contribution in [0.4, 0.5) is 10.1 Å². The van der Waals surface area contributed by atoms with E-state index in [9.17, 15) is 4.39 Å². The Labute approximate surface area is 265 Å².